The molecule has 0 radical (unpaired) electrons. The highest BCUT2D eigenvalue weighted by atomic mass is 16.6. The first-order valence-electron chi connectivity index (χ1n) is 10.2. The highest BCUT2D eigenvalue weighted by Gasteiger charge is 2.38. The van der Waals surface area contributed by atoms with Gasteiger partial charge in [-0.25, -0.2) is 19.6 Å². The van der Waals surface area contributed by atoms with Crippen LogP contribution in [-0.2, 0) is 9.53 Å². The van der Waals surface area contributed by atoms with Crippen LogP contribution in [0.5, 0.6) is 0 Å². The lowest BCUT2D eigenvalue weighted by Crippen LogP contribution is -2.59. The third-order valence-corrected chi connectivity index (χ3v) is 5.06. The molecule has 9 heteroatoms. The standard InChI is InChI=1S/C21H27N5O4/c1-21(2,3)30-20(29)25-10-11-26(16(12-25)19(27)28)18-17(22-13-8-9-13)23-14-6-4-5-7-15(14)24-18/h4-7,13,16H,8-12H2,1-3H3,(H,22,23)(H,27,28). The molecule has 0 bridgehead atoms. The molecule has 1 aromatic heterocycles. The molecule has 1 amide bonds. The summed E-state index contributed by atoms with van der Waals surface area (Å²) in [4.78, 5) is 37.2. The van der Waals surface area contributed by atoms with Crippen LogP contribution in [0.1, 0.15) is 33.6 Å². The van der Waals surface area contributed by atoms with Crippen molar-refractivity contribution in [3.8, 4) is 0 Å². The van der Waals surface area contributed by atoms with Crippen LogP contribution in [0.4, 0.5) is 16.4 Å². The van der Waals surface area contributed by atoms with Crippen molar-refractivity contribution in [1.82, 2.24) is 14.9 Å². The fourth-order valence-electron chi connectivity index (χ4n) is 3.45. The molecule has 1 aliphatic carbocycles. The number of hydrogen-bond donors (Lipinski definition) is 2. The fourth-order valence-corrected chi connectivity index (χ4v) is 3.45. The van der Waals surface area contributed by atoms with Crippen LogP contribution in [-0.4, -0.2) is 69.4 Å². The number of aliphatic carboxylic acids is 1. The number of piperazine rings is 1. The fraction of sp³-hybridized carbons (Fsp3) is 0.524. The van der Waals surface area contributed by atoms with Gasteiger partial charge in [-0.05, 0) is 45.7 Å². The van der Waals surface area contributed by atoms with E-state index in [1.165, 1.54) is 4.90 Å². The quantitative estimate of drug-likeness (QED) is 0.788. The van der Waals surface area contributed by atoms with Crippen LogP contribution in [0.2, 0.25) is 0 Å². The molecule has 1 aromatic carbocycles. The minimum atomic E-state index is -1.02. The van der Waals surface area contributed by atoms with Crippen LogP contribution in [0, 0.1) is 0 Å². The smallest absolute Gasteiger partial charge is 0.410 e. The largest absolute Gasteiger partial charge is 0.480 e. The second-order valence-corrected chi connectivity index (χ2v) is 8.78. The maximum absolute atomic E-state index is 12.5. The van der Waals surface area contributed by atoms with Gasteiger partial charge in [-0.3, -0.25) is 0 Å². The number of fused-ring (bicyclic) bond motifs is 1. The van der Waals surface area contributed by atoms with E-state index >= 15 is 0 Å². The Morgan fingerprint density at radius 1 is 1.13 bits per heavy atom. The number of rotatable bonds is 4. The van der Waals surface area contributed by atoms with Gasteiger partial charge in [-0.15, -0.1) is 0 Å². The molecule has 2 fully saturated rings. The number of ether oxygens (including phenoxy) is 1. The molecule has 1 atom stereocenters. The van der Waals surface area contributed by atoms with Crippen molar-refractivity contribution in [2.45, 2.75) is 51.3 Å². The van der Waals surface area contributed by atoms with Gasteiger partial charge in [0.05, 0.1) is 17.6 Å². The first kappa shape index (κ1) is 20.2. The van der Waals surface area contributed by atoms with Crippen molar-refractivity contribution in [1.29, 1.82) is 0 Å². The number of para-hydroxylation sites is 2. The maximum atomic E-state index is 12.5. The molecule has 2 N–H and O–H groups in total. The molecule has 1 aliphatic heterocycles. The molecule has 1 saturated heterocycles. The highest BCUT2D eigenvalue weighted by molar-refractivity contribution is 5.85. The first-order chi connectivity index (χ1) is 14.2. The summed E-state index contributed by atoms with van der Waals surface area (Å²) in [5.41, 5.74) is 0.814. The Morgan fingerprint density at radius 3 is 2.40 bits per heavy atom. The van der Waals surface area contributed by atoms with Crippen LogP contribution < -0.4 is 10.2 Å². The summed E-state index contributed by atoms with van der Waals surface area (Å²) in [5, 5.41) is 13.3. The molecule has 1 unspecified atom stereocenters. The summed E-state index contributed by atoms with van der Waals surface area (Å²) in [7, 11) is 0. The summed E-state index contributed by atoms with van der Waals surface area (Å²) in [6, 6.07) is 6.92. The van der Waals surface area contributed by atoms with Gasteiger partial charge in [0.2, 0.25) is 0 Å². The number of nitrogens with one attached hydrogen (secondary N) is 1. The number of amides is 1. The average molecular weight is 413 g/mol. The Balaban J connectivity index is 1.64. The van der Waals surface area contributed by atoms with E-state index in [1.54, 1.807) is 25.7 Å². The van der Waals surface area contributed by atoms with Crippen LogP contribution in [0.15, 0.2) is 24.3 Å². The molecule has 30 heavy (non-hydrogen) atoms. The normalized spacial score (nSPS) is 19.6. The minimum absolute atomic E-state index is 0.0155. The minimum Gasteiger partial charge on any atom is -0.480 e. The highest BCUT2D eigenvalue weighted by Crippen LogP contribution is 2.32. The van der Waals surface area contributed by atoms with E-state index in [0.717, 1.165) is 18.4 Å². The van der Waals surface area contributed by atoms with E-state index in [2.05, 4.69) is 5.32 Å². The molecule has 0 spiro atoms. The summed E-state index contributed by atoms with van der Waals surface area (Å²) < 4.78 is 5.42. The third-order valence-electron chi connectivity index (χ3n) is 5.06. The lowest BCUT2D eigenvalue weighted by molar-refractivity contribution is -0.139. The zero-order valence-corrected chi connectivity index (χ0v) is 17.5. The van der Waals surface area contributed by atoms with Gasteiger partial charge in [-0.2, -0.15) is 0 Å². The SMILES string of the molecule is CC(C)(C)OC(=O)N1CCN(c2nc3ccccc3nc2NC2CC2)C(C(=O)O)C1. The van der Waals surface area contributed by atoms with E-state index in [1.807, 2.05) is 24.3 Å². The summed E-state index contributed by atoms with van der Waals surface area (Å²) in [6.45, 7) is 6.04. The molecule has 2 aromatic rings. The van der Waals surface area contributed by atoms with E-state index in [-0.39, 0.29) is 6.54 Å². The Labute approximate surface area is 175 Å². The number of carboxylic acid groups (broad SMARTS) is 1. The van der Waals surface area contributed by atoms with Crippen molar-refractivity contribution in [3.05, 3.63) is 24.3 Å². The first-order valence-corrected chi connectivity index (χ1v) is 10.2. The van der Waals surface area contributed by atoms with Crippen molar-refractivity contribution >= 4 is 34.7 Å². The van der Waals surface area contributed by atoms with Crippen LogP contribution in [0.25, 0.3) is 11.0 Å². The zero-order chi connectivity index (χ0) is 21.5. The monoisotopic (exact) mass is 413 g/mol. The summed E-state index contributed by atoms with van der Waals surface area (Å²) >= 11 is 0. The van der Waals surface area contributed by atoms with Crippen LogP contribution >= 0.6 is 0 Å². The molecule has 160 valence electrons. The lowest BCUT2D eigenvalue weighted by Gasteiger charge is -2.40. The number of benzene rings is 1. The third kappa shape index (κ3) is 4.39. The second kappa shape index (κ2) is 7.62. The predicted molar refractivity (Wildman–Crippen MR) is 113 cm³/mol. The number of hydrogen-bond acceptors (Lipinski definition) is 7. The second-order valence-electron chi connectivity index (χ2n) is 8.78. The van der Waals surface area contributed by atoms with Gasteiger partial charge in [-0.1, -0.05) is 12.1 Å². The van der Waals surface area contributed by atoms with Gasteiger partial charge in [0.15, 0.2) is 11.6 Å². The number of carbonyl (C=O) groups excluding carboxylic acids is 1. The molecule has 2 heterocycles. The lowest BCUT2D eigenvalue weighted by atomic mass is 10.1. The average Bonchev–Trinajstić information content (AvgIpc) is 3.49. The van der Waals surface area contributed by atoms with Crippen molar-refractivity contribution in [2.75, 3.05) is 29.9 Å². The summed E-state index contributed by atoms with van der Waals surface area (Å²) in [5.74, 6) is 0.0839. The summed E-state index contributed by atoms with van der Waals surface area (Å²) in [6.07, 6.45) is 1.61. The van der Waals surface area contributed by atoms with Crippen molar-refractivity contribution in [2.24, 2.45) is 0 Å². The van der Waals surface area contributed by atoms with Gasteiger partial charge >= 0.3 is 12.1 Å². The molecule has 9 nitrogen and oxygen atoms in total. The van der Waals surface area contributed by atoms with E-state index in [0.29, 0.717) is 36.3 Å². The zero-order valence-electron chi connectivity index (χ0n) is 17.5. The molecule has 1 saturated carbocycles. The number of nitrogens with zero attached hydrogens (tertiary/aromatic N) is 4. The number of carbonyl (C=O) groups is 2. The Hall–Kier alpha value is -3.10. The van der Waals surface area contributed by atoms with E-state index < -0.39 is 23.7 Å². The van der Waals surface area contributed by atoms with Gasteiger partial charge in [0.25, 0.3) is 0 Å². The molecule has 4 rings (SSSR count). The molecular formula is C21H27N5O4. The molecule has 2 aliphatic rings. The van der Waals surface area contributed by atoms with Crippen molar-refractivity contribution in [3.63, 3.8) is 0 Å². The van der Waals surface area contributed by atoms with Crippen molar-refractivity contribution < 1.29 is 19.4 Å². The van der Waals surface area contributed by atoms with E-state index in [9.17, 15) is 14.7 Å². The van der Waals surface area contributed by atoms with Gasteiger partial charge in [0, 0.05) is 19.1 Å². The Bertz CT molecular complexity index is 970. The molecular weight excluding hydrogens is 386 g/mol. The van der Waals surface area contributed by atoms with Crippen LogP contribution in [0.3, 0.4) is 0 Å². The number of anilines is 2. The Kier molecular flexibility index (Phi) is 5.13. The number of aromatic nitrogens is 2. The van der Waals surface area contributed by atoms with E-state index in [4.69, 9.17) is 14.7 Å². The number of carboxylic acids is 1. The predicted octanol–water partition coefficient (Wildman–Crippen LogP) is 2.71. The topological polar surface area (TPSA) is 108 Å². The van der Waals surface area contributed by atoms with Gasteiger partial charge in [0.1, 0.15) is 11.6 Å². The maximum Gasteiger partial charge on any atom is 0.410 e. The van der Waals surface area contributed by atoms with Gasteiger partial charge < -0.3 is 25.0 Å². The Morgan fingerprint density at radius 2 is 1.80 bits per heavy atom.